The number of rotatable bonds is 6. The largest absolute Gasteiger partial charge is 0.488 e. The highest BCUT2D eigenvalue weighted by Gasteiger charge is 2.32. The van der Waals surface area contributed by atoms with E-state index >= 15 is 0 Å². The molecule has 1 aromatic heterocycles. The van der Waals surface area contributed by atoms with Crippen LogP contribution in [-0.4, -0.2) is 29.2 Å². The predicted octanol–water partition coefficient (Wildman–Crippen LogP) is 4.06. The molecule has 0 fully saturated rings. The highest BCUT2D eigenvalue weighted by atomic mass is 16.5. The quantitative estimate of drug-likeness (QED) is 0.361. The molecular formula is C27H26N2O4. The third kappa shape index (κ3) is 4.04. The van der Waals surface area contributed by atoms with Gasteiger partial charge in [0.25, 0.3) is 0 Å². The van der Waals surface area contributed by atoms with Gasteiger partial charge >= 0.3 is 0 Å². The van der Waals surface area contributed by atoms with Crippen molar-refractivity contribution in [3.8, 4) is 11.5 Å². The molecule has 0 unspecified atom stereocenters. The topological polar surface area (TPSA) is 69.6 Å². The summed E-state index contributed by atoms with van der Waals surface area (Å²) < 4.78 is 13.8. The van der Waals surface area contributed by atoms with Crippen molar-refractivity contribution in [2.45, 2.75) is 32.4 Å². The maximum atomic E-state index is 12.9. The number of nitrogens with zero attached hydrogens (tertiary/aromatic N) is 1. The van der Waals surface area contributed by atoms with Crippen LogP contribution < -0.4 is 20.2 Å². The van der Waals surface area contributed by atoms with Crippen LogP contribution in [0.25, 0.3) is 21.8 Å². The number of carbonyl (C=O) groups is 1. The summed E-state index contributed by atoms with van der Waals surface area (Å²) in [7, 11) is 0. The number of para-hydroxylation sites is 3. The zero-order valence-electron chi connectivity index (χ0n) is 18.8. The van der Waals surface area contributed by atoms with Gasteiger partial charge in [0.05, 0.1) is 17.6 Å². The van der Waals surface area contributed by atoms with Crippen LogP contribution in [0.4, 0.5) is 0 Å². The molecule has 6 nitrogen and oxygen atoms in total. The van der Waals surface area contributed by atoms with Gasteiger partial charge in [-0.05, 0) is 44.2 Å². The Balaban J connectivity index is 1.28. The number of ether oxygens (including phenoxy) is 2. The lowest BCUT2D eigenvalue weighted by atomic mass is 10.0. The van der Waals surface area contributed by atoms with Crippen LogP contribution in [0.3, 0.4) is 0 Å². The fourth-order valence-corrected chi connectivity index (χ4v) is 4.50. The summed E-state index contributed by atoms with van der Waals surface area (Å²) in [5.41, 5.74) is 2.36. The van der Waals surface area contributed by atoms with Crippen molar-refractivity contribution in [3.05, 3.63) is 82.5 Å². The number of aromatic nitrogens is 1. The first-order chi connectivity index (χ1) is 15.9. The molecule has 0 atom stereocenters. The van der Waals surface area contributed by atoms with Gasteiger partial charge in [0.15, 0.2) is 16.9 Å². The second-order valence-electron chi connectivity index (χ2n) is 8.93. The van der Waals surface area contributed by atoms with Crippen LogP contribution in [0.1, 0.15) is 19.4 Å². The Labute approximate surface area is 191 Å². The Morgan fingerprint density at radius 3 is 2.36 bits per heavy atom. The number of amides is 1. The highest BCUT2D eigenvalue weighted by molar-refractivity contribution is 5.94. The Kier molecular flexibility index (Phi) is 5.29. The van der Waals surface area contributed by atoms with E-state index in [4.69, 9.17) is 9.47 Å². The maximum absolute atomic E-state index is 12.9. The van der Waals surface area contributed by atoms with Crippen LogP contribution in [-0.2, 0) is 17.8 Å². The first-order valence-electron chi connectivity index (χ1n) is 11.1. The second kappa shape index (κ2) is 8.28. The smallest absolute Gasteiger partial charge is 0.240 e. The van der Waals surface area contributed by atoms with Gasteiger partial charge in [0, 0.05) is 22.8 Å². The molecule has 6 heteroatoms. The van der Waals surface area contributed by atoms with E-state index in [2.05, 4.69) is 25.2 Å². The van der Waals surface area contributed by atoms with E-state index in [9.17, 15) is 9.59 Å². The molecule has 168 valence electrons. The molecule has 0 aliphatic carbocycles. The van der Waals surface area contributed by atoms with Crippen molar-refractivity contribution in [1.29, 1.82) is 0 Å². The number of fused-ring (bicyclic) bond motifs is 3. The standard InChI is InChI=1S/C27H26N2O4/c1-27(2)16-18-8-7-13-23(26(18)33-27)32-15-14-28-24(30)17-29-21-11-5-3-9-19(21)25(31)20-10-4-6-12-22(20)29/h3-13H,14-17H2,1-2H3,(H,28,30). The molecule has 0 saturated carbocycles. The molecule has 1 N–H and O–H groups in total. The summed E-state index contributed by atoms with van der Waals surface area (Å²) in [5, 5.41) is 4.14. The average Bonchev–Trinajstić information content (AvgIpc) is 3.14. The first kappa shape index (κ1) is 21.1. The van der Waals surface area contributed by atoms with Crippen molar-refractivity contribution in [3.63, 3.8) is 0 Å². The van der Waals surface area contributed by atoms with Crippen LogP contribution in [0.15, 0.2) is 71.5 Å². The normalized spacial score (nSPS) is 14.1. The molecular weight excluding hydrogens is 416 g/mol. The summed E-state index contributed by atoms with van der Waals surface area (Å²) in [4.78, 5) is 25.6. The molecule has 1 amide bonds. The molecule has 5 rings (SSSR count). The summed E-state index contributed by atoms with van der Waals surface area (Å²) in [6.07, 6.45) is 0.845. The minimum absolute atomic E-state index is 0.0213. The van der Waals surface area contributed by atoms with E-state index in [1.165, 1.54) is 0 Å². The van der Waals surface area contributed by atoms with Crippen molar-refractivity contribution in [2.24, 2.45) is 0 Å². The van der Waals surface area contributed by atoms with Gasteiger partial charge < -0.3 is 19.4 Å². The van der Waals surface area contributed by atoms with Crippen molar-refractivity contribution < 1.29 is 14.3 Å². The maximum Gasteiger partial charge on any atom is 0.240 e. The number of pyridine rings is 1. The van der Waals surface area contributed by atoms with Crippen molar-refractivity contribution >= 4 is 27.7 Å². The number of hydrogen-bond acceptors (Lipinski definition) is 4. The number of nitrogens with one attached hydrogen (secondary N) is 1. The zero-order valence-corrected chi connectivity index (χ0v) is 18.8. The highest BCUT2D eigenvalue weighted by Crippen LogP contribution is 2.41. The second-order valence-corrected chi connectivity index (χ2v) is 8.93. The fourth-order valence-electron chi connectivity index (χ4n) is 4.50. The monoisotopic (exact) mass is 442 g/mol. The SMILES string of the molecule is CC1(C)Cc2cccc(OCCNC(=O)Cn3c4ccccc4c(=O)c4ccccc43)c2O1. The lowest BCUT2D eigenvalue weighted by molar-refractivity contribution is -0.121. The average molecular weight is 443 g/mol. The molecule has 2 heterocycles. The van der Waals surface area contributed by atoms with E-state index in [1.807, 2.05) is 53.1 Å². The van der Waals surface area contributed by atoms with Gasteiger partial charge in [0.2, 0.25) is 5.91 Å². The van der Waals surface area contributed by atoms with E-state index in [1.54, 1.807) is 12.1 Å². The van der Waals surface area contributed by atoms with Crippen LogP contribution in [0.5, 0.6) is 11.5 Å². The van der Waals surface area contributed by atoms with Crippen molar-refractivity contribution in [1.82, 2.24) is 9.88 Å². The van der Waals surface area contributed by atoms with Crippen molar-refractivity contribution in [2.75, 3.05) is 13.2 Å². The predicted molar refractivity (Wildman–Crippen MR) is 129 cm³/mol. The molecule has 0 saturated heterocycles. The molecule has 0 bridgehead atoms. The fraction of sp³-hybridized carbons (Fsp3) is 0.259. The molecule has 0 radical (unpaired) electrons. The zero-order chi connectivity index (χ0) is 23.0. The van der Waals surface area contributed by atoms with Gasteiger partial charge in [-0.2, -0.15) is 0 Å². The summed E-state index contributed by atoms with van der Waals surface area (Å²) in [5.74, 6) is 1.35. The van der Waals surface area contributed by atoms with E-state index in [0.717, 1.165) is 28.8 Å². The summed E-state index contributed by atoms with van der Waals surface area (Å²) in [6.45, 7) is 4.92. The molecule has 1 aliphatic rings. The van der Waals surface area contributed by atoms with E-state index in [0.29, 0.717) is 29.7 Å². The third-order valence-electron chi connectivity index (χ3n) is 5.92. The minimum Gasteiger partial charge on any atom is -0.488 e. The Bertz CT molecular complexity index is 1360. The molecule has 1 aliphatic heterocycles. The van der Waals surface area contributed by atoms with E-state index in [-0.39, 0.29) is 23.5 Å². The van der Waals surface area contributed by atoms with Gasteiger partial charge in [-0.3, -0.25) is 9.59 Å². The Morgan fingerprint density at radius 1 is 1.00 bits per heavy atom. The minimum atomic E-state index is -0.238. The Morgan fingerprint density at radius 2 is 1.67 bits per heavy atom. The molecule has 3 aromatic carbocycles. The Hall–Kier alpha value is -3.80. The number of carbonyl (C=O) groups excluding carboxylic acids is 1. The number of hydrogen-bond donors (Lipinski definition) is 1. The van der Waals surface area contributed by atoms with E-state index < -0.39 is 0 Å². The summed E-state index contributed by atoms with van der Waals surface area (Å²) in [6, 6.07) is 20.7. The lowest BCUT2D eigenvalue weighted by Gasteiger charge is -2.18. The van der Waals surface area contributed by atoms with Crippen LogP contribution in [0.2, 0.25) is 0 Å². The van der Waals surface area contributed by atoms with Crippen LogP contribution in [0, 0.1) is 0 Å². The van der Waals surface area contributed by atoms with Gasteiger partial charge in [-0.1, -0.05) is 36.4 Å². The van der Waals surface area contributed by atoms with Gasteiger partial charge in [-0.25, -0.2) is 0 Å². The van der Waals surface area contributed by atoms with Crippen LogP contribution >= 0.6 is 0 Å². The number of benzene rings is 3. The molecule has 4 aromatic rings. The van der Waals surface area contributed by atoms with Gasteiger partial charge in [0.1, 0.15) is 18.8 Å². The third-order valence-corrected chi connectivity index (χ3v) is 5.92. The molecule has 33 heavy (non-hydrogen) atoms. The first-order valence-corrected chi connectivity index (χ1v) is 11.1. The van der Waals surface area contributed by atoms with Gasteiger partial charge in [-0.15, -0.1) is 0 Å². The molecule has 0 spiro atoms. The lowest BCUT2D eigenvalue weighted by Crippen LogP contribution is -2.31. The summed E-state index contributed by atoms with van der Waals surface area (Å²) >= 11 is 0.